The maximum atomic E-state index is 13.9. The van der Waals surface area contributed by atoms with Gasteiger partial charge in [-0.25, -0.2) is 4.68 Å². The number of piperazine rings is 1. The van der Waals surface area contributed by atoms with E-state index in [1.165, 1.54) is 29.2 Å². The van der Waals surface area contributed by atoms with Gasteiger partial charge in [0.1, 0.15) is 0 Å². The fraction of sp³-hybridized carbons (Fsp3) is 0.227. The van der Waals surface area contributed by atoms with Crippen molar-refractivity contribution in [3.8, 4) is 5.69 Å². The lowest BCUT2D eigenvalue weighted by molar-refractivity contribution is -0.143. The van der Waals surface area contributed by atoms with Crippen LogP contribution in [0.15, 0.2) is 60.8 Å². The molecule has 4 rings (SSSR count). The maximum Gasteiger partial charge on any atom is 0.434 e. The molecule has 0 saturated carbocycles. The Hall–Kier alpha value is -3.33. The minimum atomic E-state index is -4.80. The molecular formula is C22H18ClF3N4O2. The molecule has 1 fully saturated rings. The summed E-state index contributed by atoms with van der Waals surface area (Å²) in [6.07, 6.45) is -3.87. The van der Waals surface area contributed by atoms with Crippen molar-refractivity contribution in [3.05, 3.63) is 82.6 Å². The number of aromatic nitrogens is 2. The van der Waals surface area contributed by atoms with Crippen LogP contribution in [0.3, 0.4) is 0 Å². The fourth-order valence-corrected chi connectivity index (χ4v) is 3.73. The van der Waals surface area contributed by atoms with Crippen molar-refractivity contribution in [2.75, 3.05) is 26.2 Å². The monoisotopic (exact) mass is 462 g/mol. The van der Waals surface area contributed by atoms with Crippen LogP contribution < -0.4 is 0 Å². The van der Waals surface area contributed by atoms with Crippen molar-refractivity contribution in [1.82, 2.24) is 19.6 Å². The van der Waals surface area contributed by atoms with E-state index in [-0.39, 0.29) is 37.8 Å². The first kappa shape index (κ1) is 21.9. The standard InChI is InChI=1S/C22H18ClF3N4O2/c23-16-6-8-17(9-7-16)30-19(22(24,25)26)18(14-27-30)21(32)29-12-10-28(11-13-29)20(31)15-4-2-1-3-5-15/h1-9,14H,10-13H2. The molecule has 1 aliphatic rings. The second-order valence-corrected chi connectivity index (χ2v) is 7.68. The van der Waals surface area contributed by atoms with Crippen molar-refractivity contribution in [2.24, 2.45) is 0 Å². The Morgan fingerprint density at radius 3 is 1.97 bits per heavy atom. The Kier molecular flexibility index (Phi) is 5.92. The quantitative estimate of drug-likeness (QED) is 0.587. The zero-order valence-corrected chi connectivity index (χ0v) is 17.5. The van der Waals surface area contributed by atoms with Gasteiger partial charge in [-0.2, -0.15) is 18.3 Å². The lowest BCUT2D eigenvalue weighted by Gasteiger charge is -2.34. The Bertz CT molecular complexity index is 1120. The van der Waals surface area contributed by atoms with E-state index >= 15 is 0 Å². The van der Waals surface area contributed by atoms with E-state index in [1.54, 1.807) is 35.2 Å². The summed E-state index contributed by atoms with van der Waals surface area (Å²) in [6.45, 7) is 0.708. The molecule has 0 atom stereocenters. The molecule has 2 amide bonds. The first-order chi connectivity index (χ1) is 15.3. The molecule has 2 heterocycles. The van der Waals surface area contributed by atoms with Gasteiger partial charge in [0.15, 0.2) is 5.69 Å². The molecule has 0 N–H and O–H groups in total. The van der Waals surface area contributed by atoms with E-state index in [0.29, 0.717) is 15.3 Å². The summed E-state index contributed by atoms with van der Waals surface area (Å²) in [5.41, 5.74) is -1.02. The second-order valence-electron chi connectivity index (χ2n) is 7.24. The van der Waals surface area contributed by atoms with Crippen molar-refractivity contribution < 1.29 is 22.8 Å². The van der Waals surface area contributed by atoms with E-state index in [4.69, 9.17) is 11.6 Å². The smallest absolute Gasteiger partial charge is 0.335 e. The summed E-state index contributed by atoms with van der Waals surface area (Å²) < 4.78 is 42.3. The highest BCUT2D eigenvalue weighted by Gasteiger charge is 2.41. The molecule has 32 heavy (non-hydrogen) atoms. The largest absolute Gasteiger partial charge is 0.434 e. The van der Waals surface area contributed by atoms with Gasteiger partial charge in [0.25, 0.3) is 11.8 Å². The van der Waals surface area contributed by atoms with Gasteiger partial charge in [-0.05, 0) is 36.4 Å². The molecule has 0 radical (unpaired) electrons. The number of carbonyl (C=O) groups excluding carboxylic acids is 2. The summed E-state index contributed by atoms with van der Waals surface area (Å²) in [5, 5.41) is 4.19. The number of rotatable bonds is 3. The molecule has 6 nitrogen and oxygen atoms in total. The van der Waals surface area contributed by atoms with Crippen LogP contribution in [-0.2, 0) is 6.18 Å². The summed E-state index contributed by atoms with van der Waals surface area (Å²) >= 11 is 5.82. The van der Waals surface area contributed by atoms with Crippen LogP contribution >= 0.6 is 11.6 Å². The highest BCUT2D eigenvalue weighted by molar-refractivity contribution is 6.30. The molecule has 0 spiro atoms. The average molecular weight is 463 g/mol. The summed E-state index contributed by atoms with van der Waals surface area (Å²) in [7, 11) is 0. The van der Waals surface area contributed by atoms with E-state index in [0.717, 1.165) is 6.20 Å². The summed E-state index contributed by atoms with van der Waals surface area (Å²) in [4.78, 5) is 28.4. The normalized spacial score (nSPS) is 14.5. The molecule has 10 heteroatoms. The third-order valence-corrected chi connectivity index (χ3v) is 5.47. The van der Waals surface area contributed by atoms with Crippen LogP contribution in [-0.4, -0.2) is 57.6 Å². The van der Waals surface area contributed by atoms with Gasteiger partial charge >= 0.3 is 6.18 Å². The predicted octanol–water partition coefficient (Wildman–Crippen LogP) is 4.14. The van der Waals surface area contributed by atoms with Crippen molar-refractivity contribution in [1.29, 1.82) is 0 Å². The van der Waals surface area contributed by atoms with Gasteiger partial charge in [-0.3, -0.25) is 9.59 Å². The van der Waals surface area contributed by atoms with Crippen LogP contribution in [0.4, 0.5) is 13.2 Å². The molecular weight excluding hydrogens is 445 g/mol. The lowest BCUT2D eigenvalue weighted by Crippen LogP contribution is -2.50. The minimum absolute atomic E-state index is 0.126. The van der Waals surface area contributed by atoms with E-state index in [2.05, 4.69) is 5.10 Å². The molecule has 2 aromatic carbocycles. The highest BCUT2D eigenvalue weighted by Crippen LogP contribution is 2.34. The number of nitrogens with zero attached hydrogens (tertiary/aromatic N) is 4. The number of benzene rings is 2. The van der Waals surface area contributed by atoms with Crippen LogP contribution in [0, 0.1) is 0 Å². The number of hydrogen-bond acceptors (Lipinski definition) is 3. The highest BCUT2D eigenvalue weighted by atomic mass is 35.5. The Balaban J connectivity index is 1.54. The number of hydrogen-bond donors (Lipinski definition) is 0. The predicted molar refractivity (Wildman–Crippen MR) is 112 cm³/mol. The SMILES string of the molecule is O=C(c1ccccc1)N1CCN(C(=O)c2cnn(-c3ccc(Cl)cc3)c2C(F)(F)F)CC1. The Morgan fingerprint density at radius 1 is 0.844 bits per heavy atom. The first-order valence-corrected chi connectivity index (χ1v) is 10.2. The maximum absolute atomic E-state index is 13.9. The first-order valence-electron chi connectivity index (χ1n) is 9.80. The Morgan fingerprint density at radius 2 is 1.41 bits per heavy atom. The third-order valence-electron chi connectivity index (χ3n) is 5.21. The fourth-order valence-electron chi connectivity index (χ4n) is 3.60. The topological polar surface area (TPSA) is 58.4 Å². The zero-order valence-electron chi connectivity index (χ0n) is 16.7. The summed E-state index contributed by atoms with van der Waals surface area (Å²) in [5.74, 6) is -0.950. The molecule has 0 unspecified atom stereocenters. The zero-order chi connectivity index (χ0) is 22.9. The van der Waals surface area contributed by atoms with Crippen LogP contribution in [0.5, 0.6) is 0 Å². The van der Waals surface area contributed by atoms with Gasteiger partial charge in [-0.1, -0.05) is 29.8 Å². The number of carbonyl (C=O) groups is 2. The van der Waals surface area contributed by atoms with Crippen molar-refractivity contribution in [2.45, 2.75) is 6.18 Å². The van der Waals surface area contributed by atoms with E-state index < -0.39 is 23.3 Å². The van der Waals surface area contributed by atoms with Crippen LogP contribution in [0.1, 0.15) is 26.4 Å². The lowest BCUT2D eigenvalue weighted by atomic mass is 10.1. The van der Waals surface area contributed by atoms with Gasteiger partial charge in [0, 0.05) is 36.8 Å². The van der Waals surface area contributed by atoms with E-state index in [1.807, 2.05) is 0 Å². The molecule has 1 aromatic heterocycles. The van der Waals surface area contributed by atoms with Gasteiger partial charge in [-0.15, -0.1) is 0 Å². The van der Waals surface area contributed by atoms with Gasteiger partial charge < -0.3 is 9.80 Å². The second kappa shape index (κ2) is 8.66. The Labute approximate surface area is 186 Å². The van der Waals surface area contributed by atoms with Crippen LogP contribution in [0.2, 0.25) is 5.02 Å². The van der Waals surface area contributed by atoms with Crippen LogP contribution in [0.25, 0.3) is 5.69 Å². The number of alkyl halides is 3. The molecule has 0 aliphatic carbocycles. The third kappa shape index (κ3) is 4.34. The van der Waals surface area contributed by atoms with Gasteiger partial charge in [0.2, 0.25) is 0 Å². The molecule has 1 aliphatic heterocycles. The molecule has 0 bridgehead atoms. The number of amides is 2. The summed E-state index contributed by atoms with van der Waals surface area (Å²) in [6, 6.07) is 14.4. The molecule has 3 aromatic rings. The van der Waals surface area contributed by atoms with Gasteiger partial charge in [0.05, 0.1) is 17.4 Å². The van der Waals surface area contributed by atoms with Crippen molar-refractivity contribution >= 4 is 23.4 Å². The minimum Gasteiger partial charge on any atom is -0.335 e. The molecule has 166 valence electrons. The van der Waals surface area contributed by atoms with E-state index in [9.17, 15) is 22.8 Å². The average Bonchev–Trinajstić information content (AvgIpc) is 3.25. The number of halogens is 4. The van der Waals surface area contributed by atoms with Crippen molar-refractivity contribution in [3.63, 3.8) is 0 Å². The molecule has 1 saturated heterocycles.